The second-order valence-electron chi connectivity index (χ2n) is 4.79. The minimum absolute atomic E-state index is 0.125. The Bertz CT molecular complexity index is 656. The summed E-state index contributed by atoms with van der Waals surface area (Å²) in [5.41, 5.74) is 5.73. The summed E-state index contributed by atoms with van der Waals surface area (Å²) in [7, 11) is 0. The fourth-order valence-corrected chi connectivity index (χ4v) is 2.70. The highest BCUT2D eigenvalue weighted by Crippen LogP contribution is 2.13. The number of hydrogen-bond acceptors (Lipinski definition) is 3. The van der Waals surface area contributed by atoms with Crippen LogP contribution < -0.4 is 5.43 Å². The smallest absolute Gasteiger partial charge is 0.250 e. The Morgan fingerprint density at radius 3 is 2.68 bits per heavy atom. The van der Waals surface area contributed by atoms with E-state index in [2.05, 4.69) is 41.7 Å². The summed E-state index contributed by atoms with van der Waals surface area (Å²) in [5.74, 6) is 1.05. The molecule has 2 aromatic carbocycles. The molecule has 0 aliphatic rings. The maximum absolute atomic E-state index is 11.7. The lowest BCUT2D eigenvalue weighted by atomic mass is 10.2. The summed E-state index contributed by atoms with van der Waals surface area (Å²) in [4.78, 5) is 11.7. The van der Waals surface area contributed by atoms with Crippen LogP contribution >= 0.6 is 23.4 Å². The average molecular weight is 333 g/mol. The molecule has 0 aliphatic carbocycles. The molecule has 0 aromatic heterocycles. The highest BCUT2D eigenvalue weighted by Gasteiger charge is 2.01. The van der Waals surface area contributed by atoms with Crippen molar-refractivity contribution in [2.24, 2.45) is 5.10 Å². The maximum atomic E-state index is 11.7. The number of thioether (sulfide) groups is 1. The number of carbonyl (C=O) groups is 1. The van der Waals surface area contributed by atoms with E-state index >= 15 is 0 Å². The number of nitrogens with zero attached hydrogens (tertiary/aromatic N) is 1. The van der Waals surface area contributed by atoms with Gasteiger partial charge in [0.25, 0.3) is 0 Å². The molecule has 0 unspecified atom stereocenters. The summed E-state index contributed by atoms with van der Waals surface area (Å²) in [6.45, 7) is 2.06. The zero-order chi connectivity index (χ0) is 15.8. The van der Waals surface area contributed by atoms with E-state index in [0.717, 1.165) is 11.3 Å². The molecule has 0 spiro atoms. The van der Waals surface area contributed by atoms with Gasteiger partial charge in [-0.3, -0.25) is 4.79 Å². The summed E-state index contributed by atoms with van der Waals surface area (Å²) in [6, 6.07) is 15.6. The molecular formula is C17H17ClN2OS. The van der Waals surface area contributed by atoms with E-state index < -0.39 is 0 Å². The first-order valence-electron chi connectivity index (χ1n) is 6.85. The third-order valence-corrected chi connectivity index (χ3v) is 4.27. The summed E-state index contributed by atoms with van der Waals surface area (Å²) >= 11 is 7.55. The van der Waals surface area contributed by atoms with Crippen molar-refractivity contribution in [2.45, 2.75) is 12.7 Å². The monoisotopic (exact) mass is 332 g/mol. The normalized spacial score (nSPS) is 10.8. The van der Waals surface area contributed by atoms with Gasteiger partial charge in [-0.15, -0.1) is 11.8 Å². The van der Waals surface area contributed by atoms with Gasteiger partial charge >= 0.3 is 0 Å². The SMILES string of the molecule is Cc1ccc(CSCC(=O)N/N=C\c2ccccc2Cl)cc1. The van der Waals surface area contributed by atoms with Gasteiger partial charge in [0.2, 0.25) is 5.91 Å². The number of halogens is 1. The van der Waals surface area contributed by atoms with Gasteiger partial charge in [-0.05, 0) is 18.6 Å². The predicted molar refractivity (Wildman–Crippen MR) is 94.5 cm³/mol. The Morgan fingerprint density at radius 2 is 1.95 bits per heavy atom. The highest BCUT2D eigenvalue weighted by atomic mass is 35.5. The van der Waals surface area contributed by atoms with Crippen molar-refractivity contribution in [1.82, 2.24) is 5.43 Å². The van der Waals surface area contributed by atoms with E-state index in [-0.39, 0.29) is 5.91 Å². The Balaban J connectivity index is 1.72. The Kier molecular flexibility index (Phi) is 6.49. The van der Waals surface area contributed by atoms with Crippen molar-refractivity contribution in [1.29, 1.82) is 0 Å². The lowest BCUT2D eigenvalue weighted by Gasteiger charge is -2.02. The van der Waals surface area contributed by atoms with E-state index in [0.29, 0.717) is 10.8 Å². The third-order valence-electron chi connectivity index (χ3n) is 2.92. The first-order chi connectivity index (χ1) is 10.6. The molecule has 0 aliphatic heterocycles. The van der Waals surface area contributed by atoms with E-state index in [9.17, 15) is 4.79 Å². The second-order valence-corrected chi connectivity index (χ2v) is 6.19. The van der Waals surface area contributed by atoms with Crippen LogP contribution in [0.15, 0.2) is 53.6 Å². The average Bonchev–Trinajstić information content (AvgIpc) is 2.51. The van der Waals surface area contributed by atoms with E-state index in [1.54, 1.807) is 24.0 Å². The number of rotatable bonds is 6. The number of aryl methyl sites for hydroxylation is 1. The number of carbonyl (C=O) groups excluding carboxylic acids is 1. The lowest BCUT2D eigenvalue weighted by Crippen LogP contribution is -2.19. The van der Waals surface area contributed by atoms with E-state index in [4.69, 9.17) is 11.6 Å². The molecule has 22 heavy (non-hydrogen) atoms. The van der Waals surface area contributed by atoms with Gasteiger partial charge in [-0.25, -0.2) is 5.43 Å². The molecule has 1 amide bonds. The largest absolute Gasteiger partial charge is 0.272 e. The Labute approximate surface area is 139 Å². The molecule has 0 bridgehead atoms. The molecule has 0 saturated carbocycles. The van der Waals surface area contributed by atoms with Crippen molar-refractivity contribution in [3.05, 3.63) is 70.2 Å². The lowest BCUT2D eigenvalue weighted by molar-refractivity contribution is -0.118. The maximum Gasteiger partial charge on any atom is 0.250 e. The van der Waals surface area contributed by atoms with Crippen LogP contribution in [0.1, 0.15) is 16.7 Å². The van der Waals surface area contributed by atoms with Crippen LogP contribution in [0.4, 0.5) is 0 Å². The molecule has 3 nitrogen and oxygen atoms in total. The zero-order valence-electron chi connectivity index (χ0n) is 12.3. The molecule has 0 fully saturated rings. The molecule has 1 N–H and O–H groups in total. The van der Waals surface area contributed by atoms with Crippen LogP contribution in [0.3, 0.4) is 0 Å². The van der Waals surface area contributed by atoms with Crippen molar-refractivity contribution in [3.8, 4) is 0 Å². The Hall–Kier alpha value is -1.78. The molecule has 114 valence electrons. The van der Waals surface area contributed by atoms with Gasteiger partial charge in [0.1, 0.15) is 0 Å². The van der Waals surface area contributed by atoms with Crippen LogP contribution in [0, 0.1) is 6.92 Å². The molecule has 0 radical (unpaired) electrons. The minimum Gasteiger partial charge on any atom is -0.272 e. The highest BCUT2D eigenvalue weighted by molar-refractivity contribution is 7.99. The fraction of sp³-hybridized carbons (Fsp3) is 0.176. The summed E-state index contributed by atoms with van der Waals surface area (Å²) < 4.78 is 0. The summed E-state index contributed by atoms with van der Waals surface area (Å²) in [5, 5.41) is 4.52. The van der Waals surface area contributed by atoms with Gasteiger partial charge in [0.15, 0.2) is 0 Å². The van der Waals surface area contributed by atoms with Crippen LogP contribution in [0.2, 0.25) is 5.02 Å². The topological polar surface area (TPSA) is 41.5 Å². The van der Waals surface area contributed by atoms with Crippen LogP contribution in [-0.4, -0.2) is 17.9 Å². The number of amides is 1. The second kappa shape index (κ2) is 8.61. The number of benzene rings is 2. The first kappa shape index (κ1) is 16.6. The van der Waals surface area contributed by atoms with Crippen LogP contribution in [0.5, 0.6) is 0 Å². The molecule has 0 atom stereocenters. The molecule has 5 heteroatoms. The molecule has 2 aromatic rings. The number of hydrogen-bond donors (Lipinski definition) is 1. The quantitative estimate of drug-likeness (QED) is 0.641. The zero-order valence-corrected chi connectivity index (χ0v) is 13.8. The first-order valence-corrected chi connectivity index (χ1v) is 8.38. The molecule has 0 heterocycles. The van der Waals surface area contributed by atoms with Crippen LogP contribution in [-0.2, 0) is 10.5 Å². The van der Waals surface area contributed by atoms with Crippen molar-refractivity contribution in [2.75, 3.05) is 5.75 Å². The Morgan fingerprint density at radius 1 is 1.23 bits per heavy atom. The van der Waals surface area contributed by atoms with Crippen molar-refractivity contribution in [3.63, 3.8) is 0 Å². The molecule has 2 rings (SSSR count). The fourth-order valence-electron chi connectivity index (χ4n) is 1.73. The minimum atomic E-state index is -0.125. The van der Waals surface area contributed by atoms with E-state index in [1.807, 2.05) is 18.2 Å². The standard InChI is InChI=1S/C17H17ClN2OS/c1-13-6-8-14(9-7-13)11-22-12-17(21)20-19-10-15-4-2-3-5-16(15)18/h2-10H,11-12H2,1H3,(H,20,21)/b19-10-. The molecule has 0 saturated heterocycles. The third kappa shape index (κ3) is 5.54. The predicted octanol–water partition coefficient (Wildman–Crippen LogP) is 4.03. The number of hydrazone groups is 1. The van der Waals surface area contributed by atoms with Gasteiger partial charge in [0.05, 0.1) is 12.0 Å². The van der Waals surface area contributed by atoms with Crippen molar-refractivity contribution < 1.29 is 4.79 Å². The van der Waals surface area contributed by atoms with Crippen LogP contribution in [0.25, 0.3) is 0 Å². The summed E-state index contributed by atoms with van der Waals surface area (Å²) in [6.07, 6.45) is 1.55. The van der Waals surface area contributed by atoms with Gasteiger partial charge in [-0.2, -0.15) is 5.10 Å². The number of nitrogens with one attached hydrogen (secondary N) is 1. The van der Waals surface area contributed by atoms with Gasteiger partial charge in [-0.1, -0.05) is 59.6 Å². The van der Waals surface area contributed by atoms with Gasteiger partial charge in [0, 0.05) is 16.3 Å². The van der Waals surface area contributed by atoms with Gasteiger partial charge < -0.3 is 0 Å². The molecular weight excluding hydrogens is 316 g/mol. The van der Waals surface area contributed by atoms with E-state index in [1.165, 1.54) is 11.1 Å². The van der Waals surface area contributed by atoms with Crippen molar-refractivity contribution >= 4 is 35.5 Å².